The molecule has 0 bridgehead atoms. The van der Waals surface area contributed by atoms with Crippen LogP contribution < -0.4 is 5.73 Å². The van der Waals surface area contributed by atoms with Gasteiger partial charge in [0.25, 0.3) is 0 Å². The number of halogens is 4. The number of rotatable bonds is 1. The number of anilines is 1. The maximum Gasteiger partial charge on any atom is 0.416 e. The third-order valence-electron chi connectivity index (χ3n) is 2.18. The van der Waals surface area contributed by atoms with Gasteiger partial charge in [0.05, 0.1) is 17.3 Å². The minimum absolute atomic E-state index is 0.00617. The lowest BCUT2D eigenvalue weighted by Crippen LogP contribution is -2.04. The predicted molar refractivity (Wildman–Crippen MR) is 56.4 cm³/mol. The maximum absolute atomic E-state index is 12.4. The van der Waals surface area contributed by atoms with E-state index in [4.69, 9.17) is 17.3 Å². The van der Waals surface area contributed by atoms with E-state index in [2.05, 4.69) is 9.68 Å². The van der Waals surface area contributed by atoms with Crippen molar-refractivity contribution in [2.24, 2.45) is 0 Å². The lowest BCUT2D eigenvalue weighted by molar-refractivity contribution is -0.137. The fourth-order valence-electron chi connectivity index (χ4n) is 1.36. The molecule has 90 valence electrons. The van der Waals surface area contributed by atoms with Crippen molar-refractivity contribution < 1.29 is 17.7 Å². The van der Waals surface area contributed by atoms with Crippen LogP contribution in [-0.2, 0) is 6.18 Å². The SMILES string of the molecule is Nc1oncc1-c1ccc(C(F)(F)F)cc1Cl. The van der Waals surface area contributed by atoms with Crippen LogP contribution in [0.1, 0.15) is 5.56 Å². The van der Waals surface area contributed by atoms with Crippen molar-refractivity contribution in [1.29, 1.82) is 0 Å². The van der Waals surface area contributed by atoms with Crippen molar-refractivity contribution in [2.75, 3.05) is 5.73 Å². The molecule has 1 aromatic heterocycles. The summed E-state index contributed by atoms with van der Waals surface area (Å²) in [5, 5.41) is 3.37. The van der Waals surface area contributed by atoms with Crippen LogP contribution >= 0.6 is 11.6 Å². The summed E-state index contributed by atoms with van der Waals surface area (Å²) in [6.45, 7) is 0. The highest BCUT2D eigenvalue weighted by Crippen LogP contribution is 2.37. The maximum atomic E-state index is 12.4. The third-order valence-corrected chi connectivity index (χ3v) is 2.50. The van der Waals surface area contributed by atoms with Crippen LogP contribution in [0.3, 0.4) is 0 Å². The first-order valence-electron chi connectivity index (χ1n) is 4.47. The molecular formula is C10H6ClF3N2O. The van der Waals surface area contributed by atoms with Crippen molar-refractivity contribution in [1.82, 2.24) is 5.16 Å². The van der Waals surface area contributed by atoms with Crippen molar-refractivity contribution in [3.63, 3.8) is 0 Å². The number of nitrogens with zero attached hydrogens (tertiary/aromatic N) is 1. The quantitative estimate of drug-likeness (QED) is 0.854. The molecule has 0 aliphatic heterocycles. The molecule has 0 saturated carbocycles. The summed E-state index contributed by atoms with van der Waals surface area (Å²) in [6, 6.07) is 2.99. The fraction of sp³-hybridized carbons (Fsp3) is 0.100. The molecule has 0 aliphatic carbocycles. The van der Waals surface area contributed by atoms with E-state index in [-0.39, 0.29) is 10.9 Å². The highest BCUT2D eigenvalue weighted by atomic mass is 35.5. The van der Waals surface area contributed by atoms with Crippen LogP contribution in [0.15, 0.2) is 28.9 Å². The van der Waals surface area contributed by atoms with Gasteiger partial charge in [0.2, 0.25) is 5.88 Å². The second-order valence-electron chi connectivity index (χ2n) is 3.30. The van der Waals surface area contributed by atoms with Gasteiger partial charge in [-0.25, -0.2) is 0 Å². The molecule has 0 radical (unpaired) electrons. The first kappa shape index (κ1) is 11.8. The summed E-state index contributed by atoms with van der Waals surface area (Å²) in [5.74, 6) is 0.00617. The molecular weight excluding hydrogens is 257 g/mol. The lowest BCUT2D eigenvalue weighted by Gasteiger charge is -2.08. The van der Waals surface area contributed by atoms with Crippen LogP contribution in [-0.4, -0.2) is 5.16 Å². The smallest absolute Gasteiger partial charge is 0.367 e. The molecule has 17 heavy (non-hydrogen) atoms. The number of nitrogen functional groups attached to an aromatic ring is 1. The summed E-state index contributed by atoms with van der Waals surface area (Å²) in [6.07, 6.45) is -3.13. The van der Waals surface area contributed by atoms with Gasteiger partial charge in [0.1, 0.15) is 0 Å². The Kier molecular flexibility index (Phi) is 2.74. The zero-order valence-electron chi connectivity index (χ0n) is 8.25. The van der Waals surface area contributed by atoms with Gasteiger partial charge in [0, 0.05) is 10.6 Å². The minimum atomic E-state index is -4.43. The number of hydrogen-bond donors (Lipinski definition) is 1. The zero-order chi connectivity index (χ0) is 12.6. The molecule has 0 atom stereocenters. The predicted octanol–water partition coefficient (Wildman–Crippen LogP) is 3.60. The summed E-state index contributed by atoms with van der Waals surface area (Å²) in [4.78, 5) is 0. The monoisotopic (exact) mass is 262 g/mol. The molecule has 0 saturated heterocycles. The second kappa shape index (κ2) is 3.96. The highest BCUT2D eigenvalue weighted by molar-refractivity contribution is 6.33. The van der Waals surface area contributed by atoms with Crippen molar-refractivity contribution in [2.45, 2.75) is 6.18 Å². The molecule has 2 aromatic rings. The molecule has 0 spiro atoms. The fourth-order valence-corrected chi connectivity index (χ4v) is 1.64. The van der Waals surface area contributed by atoms with Crippen molar-refractivity contribution in [3.8, 4) is 11.1 Å². The largest absolute Gasteiger partial charge is 0.416 e. The lowest BCUT2D eigenvalue weighted by atomic mass is 10.1. The Bertz CT molecular complexity index is 551. The van der Waals surface area contributed by atoms with Crippen LogP contribution in [0.4, 0.5) is 19.1 Å². The molecule has 1 aromatic carbocycles. The van der Waals surface area contributed by atoms with E-state index in [9.17, 15) is 13.2 Å². The Balaban J connectivity index is 2.50. The average molecular weight is 263 g/mol. The van der Waals surface area contributed by atoms with E-state index in [1.165, 1.54) is 12.3 Å². The Morgan fingerprint density at radius 1 is 1.24 bits per heavy atom. The molecule has 0 fully saturated rings. The Morgan fingerprint density at radius 3 is 2.41 bits per heavy atom. The van der Waals surface area contributed by atoms with E-state index >= 15 is 0 Å². The van der Waals surface area contributed by atoms with E-state index in [1.54, 1.807) is 0 Å². The molecule has 1 heterocycles. The highest BCUT2D eigenvalue weighted by Gasteiger charge is 2.31. The molecule has 0 amide bonds. The summed E-state index contributed by atoms with van der Waals surface area (Å²) >= 11 is 5.77. The van der Waals surface area contributed by atoms with E-state index in [0.29, 0.717) is 11.1 Å². The summed E-state index contributed by atoms with van der Waals surface area (Å²) in [7, 11) is 0. The number of alkyl halides is 3. The molecule has 0 aliphatic rings. The Labute approximate surface area is 99.0 Å². The molecule has 2 N–H and O–H groups in total. The molecule has 3 nitrogen and oxygen atoms in total. The van der Waals surface area contributed by atoms with Gasteiger partial charge >= 0.3 is 6.18 Å². The van der Waals surface area contributed by atoms with Gasteiger partial charge in [-0.05, 0) is 12.1 Å². The minimum Gasteiger partial charge on any atom is -0.367 e. The summed E-state index contributed by atoms with van der Waals surface area (Å²) < 4.78 is 41.8. The van der Waals surface area contributed by atoms with Crippen LogP contribution in [0.25, 0.3) is 11.1 Å². The van der Waals surface area contributed by atoms with Crippen LogP contribution in [0.2, 0.25) is 5.02 Å². The van der Waals surface area contributed by atoms with Crippen LogP contribution in [0, 0.1) is 0 Å². The van der Waals surface area contributed by atoms with Gasteiger partial charge in [-0.15, -0.1) is 0 Å². The molecule has 0 unspecified atom stereocenters. The van der Waals surface area contributed by atoms with Gasteiger partial charge in [-0.2, -0.15) is 13.2 Å². The molecule has 2 rings (SSSR count). The normalized spacial score (nSPS) is 11.8. The average Bonchev–Trinajstić information content (AvgIpc) is 2.63. The summed E-state index contributed by atoms with van der Waals surface area (Å²) in [5.41, 5.74) is 5.35. The Morgan fingerprint density at radius 2 is 1.94 bits per heavy atom. The van der Waals surface area contributed by atoms with Gasteiger partial charge < -0.3 is 10.3 Å². The molecule has 7 heteroatoms. The first-order valence-corrected chi connectivity index (χ1v) is 4.84. The van der Waals surface area contributed by atoms with E-state index in [0.717, 1.165) is 12.1 Å². The van der Waals surface area contributed by atoms with E-state index in [1.807, 2.05) is 0 Å². The van der Waals surface area contributed by atoms with E-state index < -0.39 is 11.7 Å². The number of hydrogen-bond acceptors (Lipinski definition) is 3. The third kappa shape index (κ3) is 2.21. The van der Waals surface area contributed by atoms with Crippen molar-refractivity contribution >= 4 is 17.5 Å². The number of nitrogens with two attached hydrogens (primary N) is 1. The van der Waals surface area contributed by atoms with Crippen LogP contribution in [0.5, 0.6) is 0 Å². The van der Waals surface area contributed by atoms with Gasteiger partial charge in [-0.1, -0.05) is 22.8 Å². The Hall–Kier alpha value is -1.69. The zero-order valence-corrected chi connectivity index (χ0v) is 9.01. The standard InChI is InChI=1S/C10H6ClF3N2O/c11-8-3-5(10(12,13)14)1-2-6(8)7-4-16-17-9(7)15/h1-4H,15H2. The number of aromatic nitrogens is 1. The topological polar surface area (TPSA) is 52.0 Å². The van der Waals surface area contributed by atoms with Gasteiger partial charge in [0.15, 0.2) is 0 Å². The first-order chi connectivity index (χ1) is 7.89. The number of benzene rings is 1. The van der Waals surface area contributed by atoms with Gasteiger partial charge in [-0.3, -0.25) is 0 Å². The second-order valence-corrected chi connectivity index (χ2v) is 3.70. The van der Waals surface area contributed by atoms with Crippen molar-refractivity contribution in [3.05, 3.63) is 35.0 Å².